The van der Waals surface area contributed by atoms with E-state index in [2.05, 4.69) is 10.1 Å². The number of benzene rings is 3. The highest BCUT2D eigenvalue weighted by Crippen LogP contribution is 2.30. The zero-order chi connectivity index (χ0) is 23.7. The second kappa shape index (κ2) is 9.39. The van der Waals surface area contributed by atoms with Crippen LogP contribution >= 0.6 is 11.6 Å². The molecule has 6 nitrogen and oxygen atoms in total. The molecule has 174 valence electrons. The minimum atomic E-state index is -0.0293. The number of anilines is 1. The summed E-state index contributed by atoms with van der Waals surface area (Å²) in [6, 6.07) is 19.7. The van der Waals surface area contributed by atoms with E-state index in [9.17, 15) is 4.79 Å². The molecule has 0 radical (unpaired) electrons. The van der Waals surface area contributed by atoms with Crippen molar-refractivity contribution in [1.29, 1.82) is 0 Å². The minimum Gasteiger partial charge on any atom is -0.488 e. The molecule has 0 aliphatic carbocycles. The molecule has 4 aromatic rings. The van der Waals surface area contributed by atoms with E-state index in [-0.39, 0.29) is 5.91 Å². The van der Waals surface area contributed by atoms with E-state index in [0.29, 0.717) is 31.0 Å². The number of aromatic nitrogens is 1. The number of nitrogens with zero attached hydrogens (tertiary/aromatic N) is 3. The van der Waals surface area contributed by atoms with Crippen molar-refractivity contribution >= 4 is 34.0 Å². The minimum absolute atomic E-state index is 0.0293. The third-order valence-corrected chi connectivity index (χ3v) is 6.71. The van der Waals surface area contributed by atoms with Crippen molar-refractivity contribution in [3.8, 4) is 5.75 Å². The van der Waals surface area contributed by atoms with Gasteiger partial charge in [-0.2, -0.15) is 0 Å². The van der Waals surface area contributed by atoms with E-state index in [1.807, 2.05) is 79.4 Å². The second-order valence-electron chi connectivity index (χ2n) is 8.52. The first-order chi connectivity index (χ1) is 16.5. The fourth-order valence-corrected chi connectivity index (χ4v) is 4.65. The number of fused-ring (bicyclic) bond motifs is 1. The fourth-order valence-electron chi connectivity index (χ4n) is 4.39. The molecule has 1 aliphatic heterocycles. The Labute approximate surface area is 203 Å². The van der Waals surface area contributed by atoms with Crippen LogP contribution in [0.1, 0.15) is 27.4 Å². The second-order valence-corrected chi connectivity index (χ2v) is 8.92. The molecule has 1 aliphatic rings. The standard InChI is InChI=1S/C27H26ClN3O3/c1-18-23(19(2)34-29-18)17-33-26-16-21-8-4-3-7-20(21)15-22(26)27(32)31-13-11-30(12-14-31)25-10-6-5-9-24(25)28/h3-10,15-16H,11-14,17H2,1-2H3. The van der Waals surface area contributed by atoms with Crippen molar-refractivity contribution < 1.29 is 14.1 Å². The summed E-state index contributed by atoms with van der Waals surface area (Å²) >= 11 is 6.38. The summed E-state index contributed by atoms with van der Waals surface area (Å²) < 4.78 is 11.5. The van der Waals surface area contributed by atoms with Crippen LogP contribution in [0.5, 0.6) is 5.75 Å². The number of halogens is 1. The molecule has 5 rings (SSSR count). The lowest BCUT2D eigenvalue weighted by atomic mass is 10.0. The Hall–Kier alpha value is -3.51. The third kappa shape index (κ3) is 4.33. The van der Waals surface area contributed by atoms with Crippen molar-refractivity contribution in [2.45, 2.75) is 20.5 Å². The fraction of sp³-hybridized carbons (Fsp3) is 0.259. The van der Waals surface area contributed by atoms with Crippen LogP contribution in [0.25, 0.3) is 10.8 Å². The quantitative estimate of drug-likeness (QED) is 0.374. The number of aryl methyl sites for hydroxylation is 2. The van der Waals surface area contributed by atoms with Crippen molar-refractivity contribution in [3.05, 3.63) is 88.3 Å². The summed E-state index contributed by atoms with van der Waals surface area (Å²) in [6.45, 7) is 6.71. The summed E-state index contributed by atoms with van der Waals surface area (Å²) in [6.07, 6.45) is 0. The molecule has 3 aromatic carbocycles. The molecule has 7 heteroatoms. The molecule has 0 atom stereocenters. The summed E-state index contributed by atoms with van der Waals surface area (Å²) in [5.41, 5.74) is 3.27. The first kappa shape index (κ1) is 22.3. The molecule has 1 aromatic heterocycles. The first-order valence-electron chi connectivity index (χ1n) is 11.4. The van der Waals surface area contributed by atoms with Crippen LogP contribution in [0.2, 0.25) is 5.02 Å². The summed E-state index contributed by atoms with van der Waals surface area (Å²) in [7, 11) is 0. The van der Waals surface area contributed by atoms with Crippen molar-refractivity contribution in [1.82, 2.24) is 10.1 Å². The zero-order valence-corrected chi connectivity index (χ0v) is 20.0. The lowest BCUT2D eigenvalue weighted by Gasteiger charge is -2.36. The zero-order valence-electron chi connectivity index (χ0n) is 19.3. The number of hydrogen-bond donors (Lipinski definition) is 0. The van der Waals surface area contributed by atoms with Gasteiger partial charge < -0.3 is 19.1 Å². The number of carbonyl (C=O) groups excluding carboxylic acids is 1. The highest BCUT2D eigenvalue weighted by atomic mass is 35.5. The monoisotopic (exact) mass is 475 g/mol. The molecule has 0 unspecified atom stereocenters. The topological polar surface area (TPSA) is 58.8 Å². The molecule has 0 saturated carbocycles. The normalized spacial score (nSPS) is 14.0. The van der Waals surface area contributed by atoms with Gasteiger partial charge in [-0.3, -0.25) is 4.79 Å². The lowest BCUT2D eigenvalue weighted by molar-refractivity contribution is 0.0742. The van der Waals surface area contributed by atoms with Gasteiger partial charge >= 0.3 is 0 Å². The summed E-state index contributed by atoms with van der Waals surface area (Å²) in [5.74, 6) is 1.26. The Bertz CT molecular complexity index is 1320. The predicted octanol–water partition coefficient (Wildman–Crippen LogP) is 5.64. The Morgan fingerprint density at radius 2 is 1.68 bits per heavy atom. The van der Waals surface area contributed by atoms with E-state index in [0.717, 1.165) is 51.6 Å². The van der Waals surface area contributed by atoms with E-state index in [4.69, 9.17) is 20.9 Å². The molecular weight excluding hydrogens is 450 g/mol. The molecule has 1 fully saturated rings. The Kier molecular flexibility index (Phi) is 6.16. The largest absolute Gasteiger partial charge is 0.488 e. The van der Waals surface area contributed by atoms with Crippen LogP contribution in [0.15, 0.2) is 65.2 Å². The predicted molar refractivity (Wildman–Crippen MR) is 134 cm³/mol. The average molecular weight is 476 g/mol. The molecule has 34 heavy (non-hydrogen) atoms. The third-order valence-electron chi connectivity index (χ3n) is 6.39. The van der Waals surface area contributed by atoms with E-state index < -0.39 is 0 Å². The number of carbonyl (C=O) groups is 1. The van der Waals surface area contributed by atoms with Crippen LogP contribution in [-0.2, 0) is 6.61 Å². The van der Waals surface area contributed by atoms with Gasteiger partial charge in [0.1, 0.15) is 18.1 Å². The van der Waals surface area contributed by atoms with Gasteiger partial charge in [-0.05, 0) is 48.9 Å². The maximum Gasteiger partial charge on any atom is 0.257 e. The number of hydrogen-bond acceptors (Lipinski definition) is 5. The smallest absolute Gasteiger partial charge is 0.257 e. The molecule has 0 N–H and O–H groups in total. The Balaban J connectivity index is 1.39. The van der Waals surface area contributed by atoms with Gasteiger partial charge in [0.15, 0.2) is 0 Å². The van der Waals surface area contributed by atoms with Crippen LogP contribution < -0.4 is 9.64 Å². The average Bonchev–Trinajstić information content (AvgIpc) is 3.19. The summed E-state index contributed by atoms with van der Waals surface area (Å²) in [5, 5.41) is 6.76. The number of para-hydroxylation sites is 1. The van der Waals surface area contributed by atoms with Crippen molar-refractivity contribution in [3.63, 3.8) is 0 Å². The molecule has 1 amide bonds. The first-order valence-corrected chi connectivity index (χ1v) is 11.7. The number of piperazine rings is 1. The van der Waals surface area contributed by atoms with E-state index >= 15 is 0 Å². The van der Waals surface area contributed by atoms with Crippen LogP contribution in [-0.4, -0.2) is 42.1 Å². The van der Waals surface area contributed by atoms with Gasteiger partial charge in [0.05, 0.1) is 27.5 Å². The number of amides is 1. The van der Waals surface area contributed by atoms with Gasteiger partial charge in [-0.15, -0.1) is 0 Å². The molecule has 2 heterocycles. The van der Waals surface area contributed by atoms with Gasteiger partial charge in [0, 0.05) is 26.2 Å². The van der Waals surface area contributed by atoms with Crippen LogP contribution in [0.3, 0.4) is 0 Å². The highest BCUT2D eigenvalue weighted by molar-refractivity contribution is 6.33. The molecular formula is C27H26ClN3O3. The molecule has 0 spiro atoms. The van der Waals surface area contributed by atoms with Crippen LogP contribution in [0.4, 0.5) is 5.69 Å². The SMILES string of the molecule is Cc1noc(C)c1COc1cc2ccccc2cc1C(=O)N1CCN(c2ccccc2Cl)CC1. The van der Waals surface area contributed by atoms with Gasteiger partial charge in [0.2, 0.25) is 0 Å². The van der Waals surface area contributed by atoms with E-state index in [1.54, 1.807) is 0 Å². The Morgan fingerprint density at radius 3 is 2.35 bits per heavy atom. The van der Waals surface area contributed by atoms with Crippen molar-refractivity contribution in [2.75, 3.05) is 31.1 Å². The maximum absolute atomic E-state index is 13.6. The van der Waals surface area contributed by atoms with Crippen molar-refractivity contribution in [2.24, 2.45) is 0 Å². The number of rotatable bonds is 5. The van der Waals surface area contributed by atoms with Crippen LogP contribution in [0, 0.1) is 13.8 Å². The maximum atomic E-state index is 13.6. The highest BCUT2D eigenvalue weighted by Gasteiger charge is 2.26. The Morgan fingerprint density at radius 1 is 1.00 bits per heavy atom. The van der Waals surface area contributed by atoms with Gasteiger partial charge in [0.25, 0.3) is 5.91 Å². The van der Waals surface area contributed by atoms with Gasteiger partial charge in [-0.1, -0.05) is 53.2 Å². The van der Waals surface area contributed by atoms with Gasteiger partial charge in [-0.25, -0.2) is 0 Å². The lowest BCUT2D eigenvalue weighted by Crippen LogP contribution is -2.49. The van der Waals surface area contributed by atoms with E-state index in [1.165, 1.54) is 0 Å². The molecule has 0 bridgehead atoms. The summed E-state index contributed by atoms with van der Waals surface area (Å²) in [4.78, 5) is 17.8. The molecule has 1 saturated heterocycles. The number of ether oxygens (including phenoxy) is 1.